The van der Waals surface area contributed by atoms with Gasteiger partial charge in [-0.2, -0.15) is 0 Å². The first-order valence-electron chi connectivity index (χ1n) is 14.5. The number of nitrogens with one attached hydrogen (secondary N) is 2. The van der Waals surface area contributed by atoms with Crippen molar-refractivity contribution in [1.29, 1.82) is 0 Å². The van der Waals surface area contributed by atoms with Crippen LogP contribution in [0.1, 0.15) is 79.9 Å². The fourth-order valence-corrected chi connectivity index (χ4v) is 5.86. The molecule has 39 heavy (non-hydrogen) atoms. The Kier molecular flexibility index (Phi) is 11.1. The maximum Gasteiger partial charge on any atom is 0.254 e. The number of carbonyl (C=O) groups excluding carboxylic acids is 1. The number of rotatable bonds is 15. The first-order chi connectivity index (χ1) is 19.1. The largest absolute Gasteiger partial charge is 0.395 e. The topological polar surface area (TPSA) is 104 Å². The Morgan fingerprint density at radius 3 is 1.82 bits per heavy atom. The minimum atomic E-state index is -0.0661. The van der Waals surface area contributed by atoms with Crippen LogP contribution in [0, 0.1) is 0 Å². The molecule has 0 bridgehead atoms. The van der Waals surface area contributed by atoms with E-state index in [0.29, 0.717) is 37.3 Å². The maximum atomic E-state index is 13.5. The molecule has 0 unspecified atom stereocenters. The van der Waals surface area contributed by atoms with Crippen molar-refractivity contribution in [3.63, 3.8) is 0 Å². The molecule has 0 aliphatic heterocycles. The van der Waals surface area contributed by atoms with Gasteiger partial charge in [0, 0.05) is 55.5 Å². The molecule has 4 rings (SSSR count). The number of aliphatic hydroxyl groups is 1. The molecule has 212 valence electrons. The Labute approximate surface area is 232 Å². The van der Waals surface area contributed by atoms with E-state index in [0.717, 1.165) is 23.8 Å². The smallest absolute Gasteiger partial charge is 0.254 e. The second-order valence-electron chi connectivity index (χ2n) is 10.6. The maximum absolute atomic E-state index is 13.5. The Balaban J connectivity index is 1.38. The third kappa shape index (κ3) is 8.24. The van der Waals surface area contributed by atoms with Crippen LogP contribution in [0.4, 0.5) is 0 Å². The van der Waals surface area contributed by atoms with E-state index in [1.165, 1.54) is 51.6 Å². The van der Waals surface area contributed by atoms with Gasteiger partial charge in [0.25, 0.3) is 5.91 Å². The average molecular weight is 536 g/mol. The number of benzene rings is 1. The molecular weight excluding hydrogens is 490 g/mol. The van der Waals surface area contributed by atoms with Crippen LogP contribution in [-0.2, 0) is 19.6 Å². The lowest BCUT2D eigenvalue weighted by Gasteiger charge is -2.40. The molecule has 2 aromatic heterocycles. The molecule has 2 heterocycles. The highest BCUT2D eigenvalue weighted by Gasteiger charge is 2.28. The molecule has 0 radical (unpaired) electrons. The Hall–Kier alpha value is -3.01. The van der Waals surface area contributed by atoms with Crippen LogP contribution in [0.15, 0.2) is 49.1 Å². The number of aromatic nitrogens is 4. The van der Waals surface area contributed by atoms with Crippen molar-refractivity contribution < 1.29 is 9.90 Å². The van der Waals surface area contributed by atoms with E-state index < -0.39 is 0 Å². The van der Waals surface area contributed by atoms with Gasteiger partial charge in [-0.25, -0.2) is 9.97 Å². The van der Waals surface area contributed by atoms with E-state index in [2.05, 4.69) is 43.6 Å². The fourth-order valence-electron chi connectivity index (χ4n) is 5.86. The van der Waals surface area contributed by atoms with Crippen LogP contribution in [0.5, 0.6) is 0 Å². The highest BCUT2D eigenvalue weighted by Crippen LogP contribution is 2.28. The number of hydrogen-bond acceptors (Lipinski definition) is 6. The normalized spacial score (nSPS) is 17.7. The van der Waals surface area contributed by atoms with Crippen LogP contribution in [0.25, 0.3) is 0 Å². The number of carbonyl (C=O) groups is 1. The third-order valence-corrected chi connectivity index (χ3v) is 7.77. The number of H-pyrrole nitrogens is 2. The summed E-state index contributed by atoms with van der Waals surface area (Å²) in [5.41, 5.74) is 1.79. The van der Waals surface area contributed by atoms with E-state index in [1.807, 2.05) is 24.3 Å². The van der Waals surface area contributed by atoms with Crippen LogP contribution < -0.4 is 0 Å². The second kappa shape index (κ2) is 15.0. The minimum absolute atomic E-state index is 0.0661. The van der Waals surface area contributed by atoms with Gasteiger partial charge in [0.15, 0.2) is 0 Å². The number of amides is 1. The lowest BCUT2D eigenvalue weighted by molar-refractivity contribution is 0.0721. The summed E-state index contributed by atoms with van der Waals surface area (Å²) < 4.78 is 0. The molecule has 0 atom stereocenters. The molecule has 0 saturated heterocycles. The minimum Gasteiger partial charge on any atom is -0.395 e. The van der Waals surface area contributed by atoms with Gasteiger partial charge in [-0.1, -0.05) is 26.0 Å². The van der Waals surface area contributed by atoms with Crippen LogP contribution >= 0.6 is 0 Å². The van der Waals surface area contributed by atoms with Crippen molar-refractivity contribution in [2.75, 3.05) is 26.2 Å². The van der Waals surface area contributed by atoms with E-state index in [4.69, 9.17) is 0 Å². The van der Waals surface area contributed by atoms with Gasteiger partial charge in [-0.3, -0.25) is 9.69 Å². The van der Waals surface area contributed by atoms with Gasteiger partial charge in [0.2, 0.25) is 0 Å². The number of aromatic amines is 2. The summed E-state index contributed by atoms with van der Waals surface area (Å²) in [5, 5.41) is 9.80. The SMILES string of the molecule is CCCN(CCC)[C@H]1CC[C@H](N(CCO)Cc2ccc(C(=O)N(Cc3ncc[nH]3)Cc3ncc[nH]3)cc2)CC1. The molecule has 0 spiro atoms. The van der Waals surface area contributed by atoms with Crippen molar-refractivity contribution in [3.8, 4) is 0 Å². The molecule has 9 nitrogen and oxygen atoms in total. The van der Waals surface area contributed by atoms with E-state index in [9.17, 15) is 9.90 Å². The zero-order chi connectivity index (χ0) is 27.5. The molecule has 1 amide bonds. The highest BCUT2D eigenvalue weighted by atomic mass is 16.3. The zero-order valence-corrected chi connectivity index (χ0v) is 23.6. The summed E-state index contributed by atoms with van der Waals surface area (Å²) in [5.74, 6) is 1.39. The molecule has 9 heteroatoms. The summed E-state index contributed by atoms with van der Waals surface area (Å²) in [4.78, 5) is 35.1. The van der Waals surface area contributed by atoms with Crippen molar-refractivity contribution in [3.05, 3.63) is 71.8 Å². The lowest BCUT2D eigenvalue weighted by atomic mass is 9.88. The first-order valence-corrected chi connectivity index (χ1v) is 14.5. The van der Waals surface area contributed by atoms with Crippen molar-refractivity contribution in [1.82, 2.24) is 34.6 Å². The van der Waals surface area contributed by atoms with Gasteiger partial charge < -0.3 is 24.9 Å². The highest BCUT2D eigenvalue weighted by molar-refractivity contribution is 5.94. The van der Waals surface area contributed by atoms with Crippen molar-refractivity contribution >= 4 is 5.91 Å². The van der Waals surface area contributed by atoms with Crippen LogP contribution in [0.3, 0.4) is 0 Å². The zero-order valence-electron chi connectivity index (χ0n) is 23.6. The van der Waals surface area contributed by atoms with Crippen molar-refractivity contribution in [2.24, 2.45) is 0 Å². The summed E-state index contributed by atoms with van der Waals surface area (Å²) in [7, 11) is 0. The molecular formula is C30H45N7O2. The van der Waals surface area contributed by atoms with Gasteiger partial charge in [0.1, 0.15) is 11.6 Å². The lowest BCUT2D eigenvalue weighted by Crippen LogP contribution is -2.45. The van der Waals surface area contributed by atoms with E-state index in [1.54, 1.807) is 29.7 Å². The van der Waals surface area contributed by atoms with Crippen LogP contribution in [-0.4, -0.2) is 84.0 Å². The van der Waals surface area contributed by atoms with Crippen molar-refractivity contribution in [2.45, 2.75) is 84.1 Å². The van der Waals surface area contributed by atoms with E-state index >= 15 is 0 Å². The summed E-state index contributed by atoms with van der Waals surface area (Å²) in [6, 6.07) is 9.09. The quantitative estimate of drug-likeness (QED) is 0.269. The van der Waals surface area contributed by atoms with E-state index in [-0.39, 0.29) is 12.5 Å². The summed E-state index contributed by atoms with van der Waals surface area (Å²) in [6.07, 6.45) is 14.1. The molecule has 1 aliphatic carbocycles. The molecule has 1 aliphatic rings. The Morgan fingerprint density at radius 2 is 1.36 bits per heavy atom. The number of imidazole rings is 2. The first kappa shape index (κ1) is 29.0. The molecule has 1 saturated carbocycles. The average Bonchev–Trinajstić information content (AvgIpc) is 3.67. The Bertz CT molecular complexity index is 1030. The predicted molar refractivity (Wildman–Crippen MR) is 153 cm³/mol. The fraction of sp³-hybridized carbons (Fsp3) is 0.567. The predicted octanol–water partition coefficient (Wildman–Crippen LogP) is 4.20. The molecule has 3 aromatic rings. The molecule has 1 fully saturated rings. The van der Waals surface area contributed by atoms with Gasteiger partial charge in [-0.05, 0) is 69.3 Å². The monoisotopic (exact) mass is 535 g/mol. The van der Waals surface area contributed by atoms with Gasteiger partial charge >= 0.3 is 0 Å². The van der Waals surface area contributed by atoms with Gasteiger partial charge in [0.05, 0.1) is 19.7 Å². The second-order valence-corrected chi connectivity index (χ2v) is 10.6. The van der Waals surface area contributed by atoms with Gasteiger partial charge in [-0.15, -0.1) is 0 Å². The number of hydrogen-bond donors (Lipinski definition) is 3. The number of nitrogens with zero attached hydrogens (tertiary/aromatic N) is 5. The number of aliphatic hydroxyl groups excluding tert-OH is 1. The summed E-state index contributed by atoms with van der Waals surface area (Å²) >= 11 is 0. The standard InChI is InChI=1S/C30H45N7O2/c1-3-17-35(18-4-2)26-9-11-27(12-10-26)36(19-20-38)21-24-5-7-25(8-6-24)30(39)37(22-28-31-13-14-32-28)23-29-33-15-16-34-29/h5-8,13-16,26-27,38H,3-4,9-12,17-23H2,1-2H3,(H,31,32)(H,33,34)/t26-,27-. The van der Waals surface area contributed by atoms with Crippen LogP contribution in [0.2, 0.25) is 0 Å². The third-order valence-electron chi connectivity index (χ3n) is 7.77. The summed E-state index contributed by atoms with van der Waals surface area (Å²) in [6.45, 7) is 9.26. The molecule has 1 aromatic carbocycles. The Morgan fingerprint density at radius 1 is 0.821 bits per heavy atom. The molecule has 3 N–H and O–H groups in total.